The van der Waals surface area contributed by atoms with Crippen LogP contribution in [0.15, 0.2) is 47.1 Å². The maximum absolute atomic E-state index is 12.8. The van der Waals surface area contributed by atoms with Crippen molar-refractivity contribution in [3.63, 3.8) is 0 Å². The average Bonchev–Trinajstić information content (AvgIpc) is 3.40. The predicted octanol–water partition coefficient (Wildman–Crippen LogP) is 3.98. The van der Waals surface area contributed by atoms with E-state index < -0.39 is 0 Å². The summed E-state index contributed by atoms with van der Waals surface area (Å²) in [6.07, 6.45) is 3.76. The fourth-order valence-corrected chi connectivity index (χ4v) is 4.50. The Labute approximate surface area is 160 Å². The zero-order chi connectivity index (χ0) is 17.9. The Balaban J connectivity index is 1.43. The van der Waals surface area contributed by atoms with Crippen LogP contribution in [-0.2, 0) is 11.3 Å². The lowest BCUT2D eigenvalue weighted by molar-refractivity contribution is -0.129. The molecule has 0 aliphatic heterocycles. The van der Waals surface area contributed by atoms with Crippen LogP contribution in [-0.4, -0.2) is 39.7 Å². The van der Waals surface area contributed by atoms with Crippen molar-refractivity contribution in [2.45, 2.75) is 30.5 Å². The number of carbonyl (C=O) groups is 1. The molecule has 1 fully saturated rings. The molecule has 3 aromatic rings. The minimum absolute atomic E-state index is 0.162. The molecule has 26 heavy (non-hydrogen) atoms. The molecule has 1 aromatic carbocycles. The fraction of sp³-hybridized carbons (Fsp3) is 0.316. The predicted molar refractivity (Wildman–Crippen MR) is 105 cm³/mol. The third-order valence-corrected chi connectivity index (χ3v) is 6.19. The van der Waals surface area contributed by atoms with E-state index in [2.05, 4.69) is 9.97 Å². The number of thiophene rings is 1. The van der Waals surface area contributed by atoms with E-state index in [9.17, 15) is 4.79 Å². The van der Waals surface area contributed by atoms with Gasteiger partial charge in [0.1, 0.15) is 21.9 Å². The lowest BCUT2D eigenvalue weighted by atomic mass is 10.2. The number of aromatic nitrogens is 2. The van der Waals surface area contributed by atoms with Gasteiger partial charge in [-0.25, -0.2) is 9.97 Å². The summed E-state index contributed by atoms with van der Waals surface area (Å²) in [7, 11) is 1.66. The first kappa shape index (κ1) is 17.3. The van der Waals surface area contributed by atoms with Gasteiger partial charge in [-0.2, -0.15) is 0 Å². The molecule has 0 atom stereocenters. The van der Waals surface area contributed by atoms with E-state index in [1.54, 1.807) is 24.8 Å². The third-order valence-electron chi connectivity index (χ3n) is 4.38. The van der Waals surface area contributed by atoms with Gasteiger partial charge in [-0.1, -0.05) is 23.9 Å². The highest BCUT2D eigenvalue weighted by Gasteiger charge is 2.32. The van der Waals surface area contributed by atoms with Crippen molar-refractivity contribution in [3.8, 4) is 5.75 Å². The smallest absolute Gasteiger partial charge is 0.233 e. The number of ether oxygens (including phenoxy) is 1. The molecule has 0 spiro atoms. The minimum atomic E-state index is 0.162. The zero-order valence-corrected chi connectivity index (χ0v) is 16.1. The molecular formula is C19H19N3O2S2. The molecule has 4 rings (SSSR count). The Morgan fingerprint density at radius 1 is 1.27 bits per heavy atom. The molecule has 0 bridgehead atoms. The Kier molecular flexibility index (Phi) is 5.08. The van der Waals surface area contributed by atoms with Gasteiger partial charge in [-0.3, -0.25) is 4.79 Å². The summed E-state index contributed by atoms with van der Waals surface area (Å²) in [5.41, 5.74) is 1.12. The highest BCUT2D eigenvalue weighted by atomic mass is 32.2. The number of thioether (sulfide) groups is 1. The SMILES string of the molecule is COc1ccc(CN(C(=O)CSc2ncnc3sccc23)C2CC2)cc1. The van der Waals surface area contributed by atoms with Crippen LogP contribution in [0.1, 0.15) is 18.4 Å². The average molecular weight is 386 g/mol. The second kappa shape index (κ2) is 7.63. The van der Waals surface area contributed by atoms with Gasteiger partial charge >= 0.3 is 0 Å². The Bertz CT molecular complexity index is 907. The van der Waals surface area contributed by atoms with Crippen LogP contribution in [0.3, 0.4) is 0 Å². The third kappa shape index (κ3) is 3.83. The topological polar surface area (TPSA) is 55.3 Å². The van der Waals surface area contributed by atoms with Gasteiger partial charge in [0.25, 0.3) is 0 Å². The van der Waals surface area contributed by atoms with Gasteiger partial charge < -0.3 is 9.64 Å². The molecule has 1 saturated carbocycles. The van der Waals surface area contributed by atoms with E-state index in [1.807, 2.05) is 40.6 Å². The maximum atomic E-state index is 12.8. The highest BCUT2D eigenvalue weighted by Crippen LogP contribution is 2.31. The van der Waals surface area contributed by atoms with Crippen molar-refractivity contribution in [2.24, 2.45) is 0 Å². The second-order valence-electron chi connectivity index (χ2n) is 6.21. The summed E-state index contributed by atoms with van der Waals surface area (Å²) in [6.45, 7) is 0.645. The molecule has 5 nitrogen and oxygen atoms in total. The monoisotopic (exact) mass is 385 g/mol. The van der Waals surface area contributed by atoms with Crippen LogP contribution in [0, 0.1) is 0 Å². The van der Waals surface area contributed by atoms with Crippen molar-refractivity contribution >= 4 is 39.2 Å². The van der Waals surface area contributed by atoms with Gasteiger partial charge in [0, 0.05) is 18.0 Å². The molecule has 0 N–H and O–H groups in total. The summed E-state index contributed by atoms with van der Waals surface area (Å²) < 4.78 is 5.20. The number of rotatable bonds is 7. The second-order valence-corrected chi connectivity index (χ2v) is 8.07. The van der Waals surface area contributed by atoms with Gasteiger partial charge in [0.15, 0.2) is 0 Å². The molecule has 7 heteroatoms. The van der Waals surface area contributed by atoms with Crippen LogP contribution < -0.4 is 4.74 Å². The normalized spacial score (nSPS) is 13.7. The summed E-state index contributed by atoms with van der Waals surface area (Å²) in [5, 5.41) is 3.92. The maximum Gasteiger partial charge on any atom is 0.233 e. The fourth-order valence-electron chi connectivity index (χ4n) is 2.83. The molecule has 1 amide bonds. The van der Waals surface area contributed by atoms with Crippen LogP contribution in [0.25, 0.3) is 10.2 Å². The van der Waals surface area contributed by atoms with Gasteiger partial charge in [0.2, 0.25) is 5.91 Å². The van der Waals surface area contributed by atoms with Crippen LogP contribution in [0.5, 0.6) is 5.75 Å². The summed E-state index contributed by atoms with van der Waals surface area (Å²) in [4.78, 5) is 24.4. The molecule has 1 aliphatic rings. The van der Waals surface area contributed by atoms with Crippen molar-refractivity contribution in [1.29, 1.82) is 0 Å². The van der Waals surface area contributed by atoms with Gasteiger partial charge in [0.05, 0.1) is 12.9 Å². The number of carbonyl (C=O) groups excluding carboxylic acids is 1. The Morgan fingerprint density at radius 3 is 2.81 bits per heavy atom. The van der Waals surface area contributed by atoms with E-state index >= 15 is 0 Å². The number of methoxy groups -OCH3 is 1. The lowest BCUT2D eigenvalue weighted by Crippen LogP contribution is -2.34. The van der Waals surface area contributed by atoms with E-state index in [4.69, 9.17) is 4.74 Å². The van der Waals surface area contributed by atoms with Crippen molar-refractivity contribution in [1.82, 2.24) is 14.9 Å². The van der Waals surface area contributed by atoms with Gasteiger partial charge in [-0.05, 0) is 42.0 Å². The first-order valence-corrected chi connectivity index (χ1v) is 10.3. The van der Waals surface area contributed by atoms with Crippen LogP contribution in [0.4, 0.5) is 0 Å². The molecule has 0 unspecified atom stereocenters. The first-order chi connectivity index (χ1) is 12.7. The van der Waals surface area contributed by atoms with Crippen molar-refractivity contribution in [2.75, 3.05) is 12.9 Å². The molecule has 0 saturated heterocycles. The molecule has 0 radical (unpaired) electrons. The van der Waals surface area contributed by atoms with Crippen LogP contribution in [0.2, 0.25) is 0 Å². The Hall–Kier alpha value is -2.12. The Morgan fingerprint density at radius 2 is 2.08 bits per heavy atom. The highest BCUT2D eigenvalue weighted by molar-refractivity contribution is 8.00. The van der Waals surface area contributed by atoms with E-state index in [1.165, 1.54) is 11.8 Å². The molecule has 1 aliphatic carbocycles. The summed E-state index contributed by atoms with van der Waals surface area (Å²) >= 11 is 3.09. The van der Waals surface area contributed by atoms with E-state index in [0.717, 1.165) is 39.4 Å². The number of hydrogen-bond donors (Lipinski definition) is 0. The first-order valence-electron chi connectivity index (χ1n) is 8.48. The van der Waals surface area contributed by atoms with Crippen molar-refractivity contribution in [3.05, 3.63) is 47.6 Å². The van der Waals surface area contributed by atoms with Crippen molar-refractivity contribution < 1.29 is 9.53 Å². The van der Waals surface area contributed by atoms with Crippen LogP contribution >= 0.6 is 23.1 Å². The molecule has 134 valence electrons. The number of fused-ring (bicyclic) bond motifs is 1. The quantitative estimate of drug-likeness (QED) is 0.455. The van der Waals surface area contributed by atoms with E-state index in [-0.39, 0.29) is 5.91 Å². The number of benzene rings is 1. The number of nitrogens with zero attached hydrogens (tertiary/aromatic N) is 3. The van der Waals surface area contributed by atoms with Gasteiger partial charge in [-0.15, -0.1) is 11.3 Å². The minimum Gasteiger partial charge on any atom is -0.497 e. The lowest BCUT2D eigenvalue weighted by Gasteiger charge is -2.22. The number of amides is 1. The number of hydrogen-bond acceptors (Lipinski definition) is 6. The molecule has 2 heterocycles. The molecular weight excluding hydrogens is 366 g/mol. The zero-order valence-electron chi connectivity index (χ0n) is 14.4. The molecule has 2 aromatic heterocycles. The van der Waals surface area contributed by atoms with E-state index in [0.29, 0.717) is 18.3 Å². The largest absolute Gasteiger partial charge is 0.497 e. The standard InChI is InChI=1S/C19H19N3O2S2/c1-24-15-6-2-13(3-7-15)10-22(14-4-5-14)17(23)11-26-19-16-8-9-25-18(16)20-12-21-19/h2-3,6-9,12,14H,4-5,10-11H2,1H3. The summed E-state index contributed by atoms with van der Waals surface area (Å²) in [5.74, 6) is 1.39. The summed E-state index contributed by atoms with van der Waals surface area (Å²) in [6, 6.07) is 10.3.